The first-order chi connectivity index (χ1) is 14.6. The number of ether oxygens (including phenoxy) is 1. The minimum Gasteiger partial charge on any atom is -0.619 e. The molecule has 0 fully saturated rings. The zero-order valence-electron chi connectivity index (χ0n) is 16.4. The van der Waals surface area contributed by atoms with Gasteiger partial charge in [0.15, 0.2) is 18.5 Å². The van der Waals surface area contributed by atoms with Crippen LogP contribution < -0.4 is 4.73 Å². The Kier molecular flexibility index (Phi) is 5.30. The molecule has 2 aromatic carbocycles. The number of Topliss-reactive ketones (excluding diaryl/α,β-unsaturated/α-hetero) is 1. The third kappa shape index (κ3) is 3.67. The second-order valence-electron chi connectivity index (χ2n) is 6.90. The van der Waals surface area contributed by atoms with Gasteiger partial charge in [0.05, 0.1) is 5.56 Å². The summed E-state index contributed by atoms with van der Waals surface area (Å²) in [5, 5.41) is 12.0. The maximum Gasteiger partial charge on any atom is 0.339 e. The van der Waals surface area contributed by atoms with Gasteiger partial charge in [-0.2, -0.15) is 4.73 Å². The Bertz CT molecular complexity index is 1200. The molecule has 0 amide bonds. The van der Waals surface area contributed by atoms with Gasteiger partial charge in [-0.15, -0.1) is 0 Å². The van der Waals surface area contributed by atoms with Gasteiger partial charge in [-0.1, -0.05) is 55.5 Å². The van der Waals surface area contributed by atoms with E-state index in [4.69, 9.17) is 4.74 Å². The molecule has 30 heavy (non-hydrogen) atoms. The summed E-state index contributed by atoms with van der Waals surface area (Å²) < 4.78 is 6.22. The maximum atomic E-state index is 13.5. The van der Waals surface area contributed by atoms with Crippen molar-refractivity contribution in [3.63, 3.8) is 0 Å². The van der Waals surface area contributed by atoms with Gasteiger partial charge in [0.1, 0.15) is 0 Å². The van der Waals surface area contributed by atoms with Crippen LogP contribution in [0.2, 0.25) is 0 Å². The quantitative estimate of drug-likeness (QED) is 0.228. The lowest BCUT2D eigenvalue weighted by atomic mass is 9.98. The molecule has 0 aliphatic carbocycles. The summed E-state index contributed by atoms with van der Waals surface area (Å²) in [5.74, 6) is -0.990. The molecule has 2 heterocycles. The highest BCUT2D eigenvalue weighted by Gasteiger charge is 2.29. The highest BCUT2D eigenvalue weighted by molar-refractivity contribution is 6.11. The van der Waals surface area contributed by atoms with Crippen molar-refractivity contribution >= 4 is 22.7 Å². The molecule has 2 aromatic heterocycles. The first-order valence-electron chi connectivity index (χ1n) is 9.66. The number of aromatic amines is 1. The number of pyridine rings is 1. The van der Waals surface area contributed by atoms with Crippen molar-refractivity contribution < 1.29 is 19.1 Å². The normalized spacial score (nSPS) is 11.9. The van der Waals surface area contributed by atoms with Gasteiger partial charge in [-0.05, 0) is 12.0 Å². The zero-order valence-corrected chi connectivity index (χ0v) is 16.4. The lowest BCUT2D eigenvalue weighted by molar-refractivity contribution is -0.605. The van der Waals surface area contributed by atoms with E-state index in [0.717, 1.165) is 22.9 Å². The summed E-state index contributed by atoms with van der Waals surface area (Å²) in [4.78, 5) is 29.4. The van der Waals surface area contributed by atoms with E-state index in [0.29, 0.717) is 15.9 Å². The van der Waals surface area contributed by atoms with Crippen LogP contribution in [0, 0.1) is 5.21 Å². The average molecular weight is 400 g/mol. The molecule has 0 unspecified atom stereocenters. The smallest absolute Gasteiger partial charge is 0.339 e. The molecule has 6 heteroatoms. The standard InChI is InChI=1S/C24H20N2O4/c1-2-16-9-6-10-19-20(15-25-21(16)19)22(27)23(17-7-4-3-5-8-17)30-24(28)18-11-13-26(29)14-12-18/h3-15,23,25H,2H2,1H3/t23-/m1/s1. The van der Waals surface area contributed by atoms with Gasteiger partial charge in [-0.3, -0.25) is 4.79 Å². The fraction of sp³-hybridized carbons (Fsp3) is 0.125. The van der Waals surface area contributed by atoms with Crippen LogP contribution in [0.3, 0.4) is 0 Å². The van der Waals surface area contributed by atoms with Gasteiger partial charge in [0, 0.05) is 40.4 Å². The summed E-state index contributed by atoms with van der Waals surface area (Å²) in [5.41, 5.74) is 3.25. The van der Waals surface area contributed by atoms with E-state index in [1.54, 1.807) is 30.5 Å². The Hall–Kier alpha value is -3.93. The lowest BCUT2D eigenvalue weighted by Gasteiger charge is -2.17. The molecule has 150 valence electrons. The SMILES string of the molecule is CCc1cccc2c(C(=O)[C@H](OC(=O)c3cc[n+]([O-])cc3)c3ccccc3)c[nH]c12. The summed E-state index contributed by atoms with van der Waals surface area (Å²) in [7, 11) is 0. The third-order valence-corrected chi connectivity index (χ3v) is 5.05. The second kappa shape index (κ2) is 8.21. The fourth-order valence-corrected chi connectivity index (χ4v) is 3.48. The highest BCUT2D eigenvalue weighted by atomic mass is 16.5. The molecule has 0 aliphatic rings. The van der Waals surface area contributed by atoms with Crippen LogP contribution >= 0.6 is 0 Å². The van der Waals surface area contributed by atoms with Crippen LogP contribution in [0.4, 0.5) is 0 Å². The predicted octanol–water partition coefficient (Wildman–Crippen LogP) is 4.14. The van der Waals surface area contributed by atoms with E-state index in [1.807, 2.05) is 24.3 Å². The number of benzene rings is 2. The largest absolute Gasteiger partial charge is 0.619 e. The number of para-hydroxylation sites is 1. The van der Waals surface area contributed by atoms with E-state index in [-0.39, 0.29) is 11.3 Å². The van der Waals surface area contributed by atoms with Crippen LogP contribution in [0.1, 0.15) is 44.9 Å². The Balaban J connectivity index is 1.72. The molecular formula is C24H20N2O4. The number of esters is 1. The van der Waals surface area contributed by atoms with Gasteiger partial charge >= 0.3 is 5.97 Å². The summed E-state index contributed by atoms with van der Waals surface area (Å²) in [6.07, 6.45) is 3.81. The van der Waals surface area contributed by atoms with Gasteiger partial charge in [0.2, 0.25) is 5.78 Å². The molecule has 4 aromatic rings. The molecular weight excluding hydrogens is 380 g/mol. The van der Waals surface area contributed by atoms with E-state index < -0.39 is 12.1 Å². The number of aromatic nitrogens is 2. The van der Waals surface area contributed by atoms with Crippen LogP contribution in [0.5, 0.6) is 0 Å². The number of ketones is 1. The number of carbonyl (C=O) groups excluding carboxylic acids is 2. The van der Waals surface area contributed by atoms with Crippen molar-refractivity contribution in [2.24, 2.45) is 0 Å². The molecule has 0 spiro atoms. The van der Waals surface area contributed by atoms with E-state index >= 15 is 0 Å². The lowest BCUT2D eigenvalue weighted by Crippen LogP contribution is -2.25. The molecule has 0 aliphatic heterocycles. The van der Waals surface area contributed by atoms with E-state index in [2.05, 4.69) is 11.9 Å². The van der Waals surface area contributed by atoms with Crippen molar-refractivity contribution in [2.75, 3.05) is 0 Å². The number of hydrogen-bond acceptors (Lipinski definition) is 4. The van der Waals surface area contributed by atoms with E-state index in [9.17, 15) is 14.8 Å². The molecule has 1 N–H and O–H groups in total. The van der Waals surface area contributed by atoms with Gasteiger partial charge in [0.25, 0.3) is 0 Å². The average Bonchev–Trinajstić information content (AvgIpc) is 3.22. The number of nitrogens with zero attached hydrogens (tertiary/aromatic N) is 1. The topological polar surface area (TPSA) is 86.1 Å². The number of fused-ring (bicyclic) bond motifs is 1. The number of rotatable bonds is 6. The van der Waals surface area contributed by atoms with Crippen molar-refractivity contribution in [1.82, 2.24) is 4.98 Å². The van der Waals surface area contributed by atoms with Crippen molar-refractivity contribution in [3.05, 3.63) is 107 Å². The molecule has 0 radical (unpaired) electrons. The van der Waals surface area contributed by atoms with Crippen molar-refractivity contribution in [3.8, 4) is 0 Å². The summed E-state index contributed by atoms with van der Waals surface area (Å²) >= 11 is 0. The number of carbonyl (C=O) groups is 2. The first-order valence-corrected chi connectivity index (χ1v) is 9.66. The Morgan fingerprint density at radius 3 is 2.47 bits per heavy atom. The van der Waals surface area contributed by atoms with Crippen LogP contribution in [0.15, 0.2) is 79.3 Å². The van der Waals surface area contributed by atoms with Crippen molar-refractivity contribution in [1.29, 1.82) is 0 Å². The van der Waals surface area contributed by atoms with Crippen LogP contribution in [-0.4, -0.2) is 16.7 Å². The molecule has 0 bridgehead atoms. The third-order valence-electron chi connectivity index (χ3n) is 5.05. The summed E-state index contributed by atoms with van der Waals surface area (Å²) in [6.45, 7) is 2.05. The fourth-order valence-electron chi connectivity index (χ4n) is 3.48. The molecule has 0 saturated carbocycles. The molecule has 1 atom stereocenters. The van der Waals surface area contributed by atoms with Crippen molar-refractivity contribution in [2.45, 2.75) is 19.4 Å². The Labute approximate surface area is 173 Å². The van der Waals surface area contributed by atoms with Crippen LogP contribution in [0.25, 0.3) is 10.9 Å². The first kappa shape index (κ1) is 19.4. The number of hydrogen-bond donors (Lipinski definition) is 1. The second-order valence-corrected chi connectivity index (χ2v) is 6.90. The Morgan fingerprint density at radius 2 is 1.77 bits per heavy atom. The highest BCUT2D eigenvalue weighted by Crippen LogP contribution is 2.29. The number of nitrogens with one attached hydrogen (secondary N) is 1. The van der Waals surface area contributed by atoms with Crippen LogP contribution in [-0.2, 0) is 11.2 Å². The molecule has 6 nitrogen and oxygen atoms in total. The predicted molar refractivity (Wildman–Crippen MR) is 112 cm³/mol. The van der Waals surface area contributed by atoms with Gasteiger partial charge < -0.3 is 14.9 Å². The Morgan fingerprint density at radius 1 is 1.03 bits per heavy atom. The molecule has 4 rings (SSSR count). The minimum atomic E-state index is -1.11. The number of H-pyrrole nitrogens is 1. The van der Waals surface area contributed by atoms with Gasteiger partial charge in [-0.25, -0.2) is 4.79 Å². The molecule has 0 saturated heterocycles. The monoisotopic (exact) mass is 400 g/mol. The minimum absolute atomic E-state index is 0.197. The zero-order chi connectivity index (χ0) is 21.1. The number of aryl methyl sites for hydroxylation is 1. The maximum absolute atomic E-state index is 13.5. The summed E-state index contributed by atoms with van der Waals surface area (Å²) in [6, 6.07) is 17.4. The van der Waals surface area contributed by atoms with E-state index in [1.165, 1.54) is 24.5 Å².